The number of carbonyl (C=O) groups excluding carboxylic acids is 1. The number of rotatable bonds is 6. The van der Waals surface area contributed by atoms with Crippen LogP contribution in [0, 0.1) is 12.7 Å². The number of nitrogens with zero attached hydrogens (tertiary/aromatic N) is 6. The van der Waals surface area contributed by atoms with Crippen molar-refractivity contribution < 1.29 is 13.9 Å². The number of benzene rings is 2. The minimum Gasteiger partial charge on any atom is -0.494 e. The highest BCUT2D eigenvalue weighted by Crippen LogP contribution is 2.26. The second-order valence-corrected chi connectivity index (χ2v) is 8.70. The summed E-state index contributed by atoms with van der Waals surface area (Å²) in [6.07, 6.45) is 5.16. The Labute approximate surface area is 209 Å². The summed E-state index contributed by atoms with van der Waals surface area (Å²) in [4.78, 5) is 30.7. The molecule has 8 nitrogen and oxygen atoms in total. The normalized spacial score (nSPS) is 13.6. The second kappa shape index (κ2) is 10.2. The third-order valence-electron chi connectivity index (χ3n) is 6.33. The number of ether oxygens (including phenoxy) is 1. The van der Waals surface area contributed by atoms with Gasteiger partial charge in [-0.25, -0.2) is 19.3 Å². The summed E-state index contributed by atoms with van der Waals surface area (Å²) in [6, 6.07) is 14.7. The molecule has 0 aliphatic carbocycles. The van der Waals surface area contributed by atoms with Crippen LogP contribution in [0.2, 0.25) is 0 Å². The molecule has 0 saturated carbocycles. The summed E-state index contributed by atoms with van der Waals surface area (Å²) in [5.74, 6) is 1.70. The average molecular weight is 487 g/mol. The molecule has 0 N–H and O–H groups in total. The molecule has 36 heavy (non-hydrogen) atoms. The van der Waals surface area contributed by atoms with Crippen molar-refractivity contribution in [3.8, 4) is 28.4 Å². The van der Waals surface area contributed by atoms with Crippen LogP contribution in [0.3, 0.4) is 0 Å². The van der Waals surface area contributed by atoms with Crippen LogP contribution in [0.15, 0.2) is 67.1 Å². The van der Waals surface area contributed by atoms with Crippen LogP contribution in [0.5, 0.6) is 5.75 Å². The maximum absolute atomic E-state index is 13.8. The summed E-state index contributed by atoms with van der Waals surface area (Å²) in [6.45, 7) is 4.34. The Bertz CT molecular complexity index is 1350. The van der Waals surface area contributed by atoms with Crippen LogP contribution < -0.4 is 9.64 Å². The fourth-order valence-corrected chi connectivity index (χ4v) is 4.28. The van der Waals surface area contributed by atoms with Crippen molar-refractivity contribution in [3.63, 3.8) is 0 Å². The lowest BCUT2D eigenvalue weighted by Gasteiger charge is -2.34. The summed E-state index contributed by atoms with van der Waals surface area (Å²) < 4.78 is 20.8. The van der Waals surface area contributed by atoms with E-state index >= 15 is 0 Å². The third kappa shape index (κ3) is 4.91. The molecule has 0 radical (unpaired) electrons. The minimum atomic E-state index is -0.254. The number of halogens is 1. The van der Waals surface area contributed by atoms with E-state index in [9.17, 15) is 9.18 Å². The molecular weight excluding hydrogens is 459 g/mol. The van der Waals surface area contributed by atoms with Crippen LogP contribution >= 0.6 is 0 Å². The maximum atomic E-state index is 13.8. The molecule has 1 aliphatic rings. The van der Waals surface area contributed by atoms with Gasteiger partial charge in [0, 0.05) is 43.5 Å². The third-order valence-corrected chi connectivity index (χ3v) is 6.33. The molecule has 0 unspecified atom stereocenters. The molecular formula is C27H27FN6O2. The lowest BCUT2D eigenvalue weighted by Crippen LogP contribution is -2.50. The number of amides is 1. The number of aromatic nitrogens is 4. The molecule has 0 bridgehead atoms. The first-order chi connectivity index (χ1) is 17.5. The molecule has 5 rings (SSSR count). The lowest BCUT2D eigenvalue weighted by atomic mass is 10.1. The van der Waals surface area contributed by atoms with E-state index in [0.717, 1.165) is 11.1 Å². The van der Waals surface area contributed by atoms with Crippen LogP contribution in [0.4, 0.5) is 10.3 Å². The number of methoxy groups -OCH3 is 1. The predicted octanol–water partition coefficient (Wildman–Crippen LogP) is 3.81. The van der Waals surface area contributed by atoms with Gasteiger partial charge in [0.25, 0.3) is 0 Å². The molecule has 184 valence electrons. The highest BCUT2D eigenvalue weighted by Gasteiger charge is 2.24. The van der Waals surface area contributed by atoms with E-state index in [1.807, 2.05) is 46.0 Å². The summed E-state index contributed by atoms with van der Waals surface area (Å²) in [5, 5.41) is 0. The van der Waals surface area contributed by atoms with Gasteiger partial charge in [-0.15, -0.1) is 0 Å². The molecule has 0 atom stereocenters. The van der Waals surface area contributed by atoms with Crippen molar-refractivity contribution in [2.24, 2.45) is 0 Å². The Morgan fingerprint density at radius 3 is 2.39 bits per heavy atom. The zero-order chi connectivity index (χ0) is 25.1. The van der Waals surface area contributed by atoms with Crippen molar-refractivity contribution >= 4 is 11.9 Å². The van der Waals surface area contributed by atoms with Crippen LogP contribution in [0.1, 0.15) is 5.56 Å². The van der Waals surface area contributed by atoms with E-state index in [1.165, 1.54) is 6.07 Å². The number of hydrogen-bond donors (Lipinski definition) is 0. The number of piperazine rings is 1. The Morgan fingerprint density at radius 1 is 1.00 bits per heavy atom. The average Bonchev–Trinajstić information content (AvgIpc) is 3.34. The van der Waals surface area contributed by atoms with Gasteiger partial charge in [-0.3, -0.25) is 4.79 Å². The standard InChI is InChI=1S/C27H27FN6O2/c1-19-14-21(8-9-23(19)28)24-17-34(26(31-24)20-6-4-3-5-7-20)18-25(35)32-10-12-33(13-11-32)27-29-15-22(36-2)16-30-27/h3-9,14-17H,10-13,18H2,1-2H3. The molecule has 3 heterocycles. The largest absolute Gasteiger partial charge is 0.494 e. The van der Waals surface area contributed by atoms with Crippen LogP contribution in [-0.2, 0) is 11.3 Å². The second-order valence-electron chi connectivity index (χ2n) is 8.70. The molecule has 0 spiro atoms. The van der Waals surface area contributed by atoms with E-state index in [1.54, 1.807) is 38.6 Å². The number of carbonyl (C=O) groups is 1. The first-order valence-electron chi connectivity index (χ1n) is 11.8. The fraction of sp³-hybridized carbons (Fsp3) is 0.259. The quantitative estimate of drug-likeness (QED) is 0.413. The van der Waals surface area contributed by atoms with E-state index in [4.69, 9.17) is 9.72 Å². The summed E-state index contributed by atoms with van der Waals surface area (Å²) in [5.41, 5.74) is 2.98. The number of imidazole rings is 1. The lowest BCUT2D eigenvalue weighted by molar-refractivity contribution is -0.132. The van der Waals surface area contributed by atoms with E-state index in [2.05, 4.69) is 14.9 Å². The number of hydrogen-bond acceptors (Lipinski definition) is 6. The topological polar surface area (TPSA) is 76.4 Å². The first kappa shape index (κ1) is 23.5. The van der Waals surface area contributed by atoms with Gasteiger partial charge in [0.05, 0.1) is 25.2 Å². The predicted molar refractivity (Wildman–Crippen MR) is 135 cm³/mol. The molecule has 9 heteroatoms. The monoisotopic (exact) mass is 486 g/mol. The van der Waals surface area contributed by atoms with Crippen LogP contribution in [0.25, 0.3) is 22.6 Å². The SMILES string of the molecule is COc1cnc(N2CCN(C(=O)Cn3cc(-c4ccc(F)c(C)c4)nc3-c3ccccc3)CC2)nc1. The van der Waals surface area contributed by atoms with Gasteiger partial charge in [0.15, 0.2) is 5.75 Å². The van der Waals surface area contributed by atoms with Gasteiger partial charge in [0.1, 0.15) is 18.2 Å². The van der Waals surface area contributed by atoms with Gasteiger partial charge in [0.2, 0.25) is 11.9 Å². The van der Waals surface area contributed by atoms with Gasteiger partial charge in [-0.05, 0) is 30.7 Å². The maximum Gasteiger partial charge on any atom is 0.242 e. The highest BCUT2D eigenvalue weighted by molar-refractivity contribution is 5.78. The molecule has 1 saturated heterocycles. The Hall–Kier alpha value is -4.27. The van der Waals surface area contributed by atoms with Crippen molar-refractivity contribution in [3.05, 3.63) is 78.5 Å². The Kier molecular flexibility index (Phi) is 6.62. The van der Waals surface area contributed by atoms with Gasteiger partial charge in [-0.2, -0.15) is 0 Å². The van der Waals surface area contributed by atoms with Crippen LogP contribution in [-0.4, -0.2) is 63.6 Å². The van der Waals surface area contributed by atoms with Crippen molar-refractivity contribution in [2.75, 3.05) is 38.2 Å². The molecule has 2 aromatic carbocycles. The zero-order valence-electron chi connectivity index (χ0n) is 20.3. The molecule has 1 aliphatic heterocycles. The molecule has 1 fully saturated rings. The fourth-order valence-electron chi connectivity index (χ4n) is 4.28. The number of anilines is 1. The summed E-state index contributed by atoms with van der Waals surface area (Å²) >= 11 is 0. The first-order valence-corrected chi connectivity index (χ1v) is 11.8. The highest BCUT2D eigenvalue weighted by atomic mass is 19.1. The summed E-state index contributed by atoms with van der Waals surface area (Å²) in [7, 11) is 1.58. The van der Waals surface area contributed by atoms with E-state index in [-0.39, 0.29) is 18.3 Å². The molecule has 2 aromatic heterocycles. The van der Waals surface area contributed by atoms with Crippen molar-refractivity contribution in [2.45, 2.75) is 13.5 Å². The zero-order valence-corrected chi connectivity index (χ0v) is 20.3. The van der Waals surface area contributed by atoms with Gasteiger partial charge >= 0.3 is 0 Å². The molecule has 4 aromatic rings. The van der Waals surface area contributed by atoms with Gasteiger partial charge < -0.3 is 19.1 Å². The minimum absolute atomic E-state index is 0.0155. The van der Waals surface area contributed by atoms with Gasteiger partial charge in [-0.1, -0.05) is 30.3 Å². The smallest absolute Gasteiger partial charge is 0.242 e. The number of aryl methyl sites for hydroxylation is 1. The molecule has 1 amide bonds. The Morgan fingerprint density at radius 2 is 1.72 bits per heavy atom. The Balaban J connectivity index is 1.33. The van der Waals surface area contributed by atoms with Crippen molar-refractivity contribution in [1.29, 1.82) is 0 Å². The van der Waals surface area contributed by atoms with E-state index in [0.29, 0.717) is 55.0 Å². The van der Waals surface area contributed by atoms with Crippen molar-refractivity contribution in [1.82, 2.24) is 24.4 Å². The van der Waals surface area contributed by atoms with E-state index < -0.39 is 0 Å².